The standard InChI is InChI=1S/C14H8F4N2/c15-9-3-1-8(2-4-9)12-10-5-6-19-13(10)20-7-11(12)14(16,17)18/h1-7H,(H,19,20). The number of rotatable bonds is 1. The molecule has 0 spiro atoms. The number of aromatic nitrogens is 2. The first-order valence-electron chi connectivity index (χ1n) is 5.76. The zero-order valence-corrected chi connectivity index (χ0v) is 10.0. The lowest BCUT2D eigenvalue weighted by molar-refractivity contribution is -0.137. The van der Waals surface area contributed by atoms with E-state index in [-0.39, 0.29) is 5.56 Å². The van der Waals surface area contributed by atoms with E-state index in [1.165, 1.54) is 24.4 Å². The Bertz CT molecular complexity index is 757. The number of alkyl halides is 3. The van der Waals surface area contributed by atoms with E-state index in [0.29, 0.717) is 16.6 Å². The van der Waals surface area contributed by atoms with Crippen LogP contribution in [0.25, 0.3) is 22.2 Å². The van der Waals surface area contributed by atoms with Crippen LogP contribution in [-0.2, 0) is 6.18 Å². The summed E-state index contributed by atoms with van der Waals surface area (Å²) in [4.78, 5) is 6.53. The SMILES string of the molecule is Fc1ccc(-c2c(C(F)(F)F)cnc3[nH]ccc23)cc1. The minimum Gasteiger partial charge on any atom is -0.346 e. The molecule has 0 bridgehead atoms. The number of nitrogens with one attached hydrogen (secondary N) is 1. The first-order chi connectivity index (χ1) is 9.47. The number of aromatic amines is 1. The second-order valence-electron chi connectivity index (χ2n) is 4.29. The molecule has 2 nitrogen and oxygen atoms in total. The topological polar surface area (TPSA) is 28.7 Å². The van der Waals surface area contributed by atoms with Gasteiger partial charge in [0.25, 0.3) is 0 Å². The van der Waals surface area contributed by atoms with E-state index >= 15 is 0 Å². The first kappa shape index (κ1) is 12.7. The van der Waals surface area contributed by atoms with E-state index in [0.717, 1.165) is 18.3 Å². The van der Waals surface area contributed by atoms with Crippen molar-refractivity contribution >= 4 is 11.0 Å². The molecule has 0 saturated heterocycles. The maximum atomic E-state index is 13.1. The molecule has 0 radical (unpaired) electrons. The number of fused-ring (bicyclic) bond motifs is 1. The highest BCUT2D eigenvalue weighted by atomic mass is 19.4. The van der Waals surface area contributed by atoms with E-state index < -0.39 is 17.6 Å². The number of hydrogen-bond donors (Lipinski definition) is 1. The largest absolute Gasteiger partial charge is 0.418 e. The zero-order valence-electron chi connectivity index (χ0n) is 10.0. The van der Waals surface area contributed by atoms with Crippen molar-refractivity contribution in [2.75, 3.05) is 0 Å². The van der Waals surface area contributed by atoms with Gasteiger partial charge in [-0.05, 0) is 23.8 Å². The van der Waals surface area contributed by atoms with Crippen LogP contribution in [-0.4, -0.2) is 9.97 Å². The van der Waals surface area contributed by atoms with Gasteiger partial charge in [-0.3, -0.25) is 0 Å². The van der Waals surface area contributed by atoms with Crippen LogP contribution in [0.3, 0.4) is 0 Å². The van der Waals surface area contributed by atoms with Gasteiger partial charge in [0.1, 0.15) is 11.5 Å². The summed E-state index contributed by atoms with van der Waals surface area (Å²) in [6.45, 7) is 0. The molecule has 0 amide bonds. The first-order valence-corrected chi connectivity index (χ1v) is 5.76. The van der Waals surface area contributed by atoms with Gasteiger partial charge in [-0.15, -0.1) is 0 Å². The number of nitrogens with zero attached hydrogens (tertiary/aromatic N) is 1. The van der Waals surface area contributed by atoms with Crippen molar-refractivity contribution in [3.63, 3.8) is 0 Å². The third kappa shape index (κ3) is 2.03. The van der Waals surface area contributed by atoms with Gasteiger partial charge in [-0.1, -0.05) is 12.1 Å². The predicted molar refractivity (Wildman–Crippen MR) is 66.5 cm³/mol. The monoisotopic (exact) mass is 280 g/mol. The number of pyridine rings is 1. The third-order valence-corrected chi connectivity index (χ3v) is 3.02. The van der Waals surface area contributed by atoms with Crippen LogP contribution in [0, 0.1) is 5.82 Å². The van der Waals surface area contributed by atoms with Crippen molar-refractivity contribution < 1.29 is 17.6 Å². The van der Waals surface area contributed by atoms with Crippen molar-refractivity contribution in [2.45, 2.75) is 6.18 Å². The van der Waals surface area contributed by atoms with Crippen LogP contribution in [0.2, 0.25) is 0 Å². The van der Waals surface area contributed by atoms with Gasteiger partial charge >= 0.3 is 6.18 Å². The number of benzene rings is 1. The molecule has 102 valence electrons. The van der Waals surface area contributed by atoms with Gasteiger partial charge in [0.05, 0.1) is 5.56 Å². The van der Waals surface area contributed by atoms with E-state index in [1.807, 2.05) is 0 Å². The third-order valence-electron chi connectivity index (χ3n) is 3.02. The smallest absolute Gasteiger partial charge is 0.346 e. The summed E-state index contributed by atoms with van der Waals surface area (Å²) < 4.78 is 52.3. The highest BCUT2D eigenvalue weighted by molar-refractivity contribution is 5.94. The normalized spacial score (nSPS) is 12.0. The maximum Gasteiger partial charge on any atom is 0.418 e. The molecule has 0 aliphatic heterocycles. The zero-order chi connectivity index (χ0) is 14.3. The number of hydrogen-bond acceptors (Lipinski definition) is 1. The minimum atomic E-state index is -4.53. The molecular formula is C14H8F4N2. The lowest BCUT2D eigenvalue weighted by atomic mass is 9.98. The summed E-state index contributed by atoms with van der Waals surface area (Å²) in [6.07, 6.45) is -2.22. The maximum absolute atomic E-state index is 13.1. The average Bonchev–Trinajstić information content (AvgIpc) is 2.85. The lowest BCUT2D eigenvalue weighted by Crippen LogP contribution is -2.08. The van der Waals surface area contributed by atoms with E-state index in [2.05, 4.69) is 9.97 Å². The fourth-order valence-corrected chi connectivity index (χ4v) is 2.15. The van der Waals surface area contributed by atoms with Gasteiger partial charge in [-0.2, -0.15) is 13.2 Å². The molecule has 1 aromatic carbocycles. The number of halogens is 4. The van der Waals surface area contributed by atoms with Crippen molar-refractivity contribution in [1.29, 1.82) is 0 Å². The fraction of sp³-hybridized carbons (Fsp3) is 0.0714. The highest BCUT2D eigenvalue weighted by Gasteiger charge is 2.35. The molecule has 0 aliphatic rings. The summed E-state index contributed by atoms with van der Waals surface area (Å²) in [5, 5.41) is 0.353. The van der Waals surface area contributed by atoms with Crippen molar-refractivity contribution in [3.05, 3.63) is 54.1 Å². The van der Waals surface area contributed by atoms with Gasteiger partial charge < -0.3 is 4.98 Å². The van der Waals surface area contributed by atoms with E-state index in [4.69, 9.17) is 0 Å². The molecule has 0 aliphatic carbocycles. The Morgan fingerprint density at radius 2 is 1.70 bits per heavy atom. The van der Waals surface area contributed by atoms with E-state index in [1.54, 1.807) is 0 Å². The van der Waals surface area contributed by atoms with Crippen LogP contribution in [0.4, 0.5) is 17.6 Å². The molecule has 0 fully saturated rings. The Hall–Kier alpha value is -2.37. The van der Waals surface area contributed by atoms with E-state index in [9.17, 15) is 17.6 Å². The Kier molecular flexibility index (Phi) is 2.74. The molecule has 3 aromatic rings. The second kappa shape index (κ2) is 4.33. The summed E-state index contributed by atoms with van der Waals surface area (Å²) in [7, 11) is 0. The Morgan fingerprint density at radius 3 is 2.35 bits per heavy atom. The quantitative estimate of drug-likeness (QED) is 0.658. The Labute approximate surface area is 111 Å². The molecule has 3 rings (SSSR count). The molecule has 0 unspecified atom stereocenters. The van der Waals surface area contributed by atoms with Gasteiger partial charge in [0, 0.05) is 23.3 Å². The van der Waals surface area contributed by atoms with Crippen molar-refractivity contribution in [1.82, 2.24) is 9.97 Å². The summed E-state index contributed by atoms with van der Waals surface area (Å²) in [5.41, 5.74) is -0.178. The minimum absolute atomic E-state index is 0.00347. The molecule has 0 atom stereocenters. The van der Waals surface area contributed by atoms with Crippen molar-refractivity contribution in [2.24, 2.45) is 0 Å². The van der Waals surface area contributed by atoms with Crippen LogP contribution in [0.5, 0.6) is 0 Å². The lowest BCUT2D eigenvalue weighted by Gasteiger charge is -2.13. The summed E-state index contributed by atoms with van der Waals surface area (Å²) >= 11 is 0. The molecule has 20 heavy (non-hydrogen) atoms. The predicted octanol–water partition coefficient (Wildman–Crippen LogP) is 4.39. The van der Waals surface area contributed by atoms with Crippen LogP contribution < -0.4 is 0 Å². The molecule has 2 aromatic heterocycles. The molecule has 2 heterocycles. The molecular weight excluding hydrogens is 272 g/mol. The van der Waals surface area contributed by atoms with Gasteiger partial charge in [0.2, 0.25) is 0 Å². The van der Waals surface area contributed by atoms with Crippen LogP contribution in [0.15, 0.2) is 42.7 Å². The van der Waals surface area contributed by atoms with Gasteiger partial charge in [-0.25, -0.2) is 9.37 Å². The molecule has 1 N–H and O–H groups in total. The fourth-order valence-electron chi connectivity index (χ4n) is 2.15. The van der Waals surface area contributed by atoms with Crippen molar-refractivity contribution in [3.8, 4) is 11.1 Å². The molecule has 0 saturated carbocycles. The second-order valence-corrected chi connectivity index (χ2v) is 4.29. The highest BCUT2D eigenvalue weighted by Crippen LogP contribution is 2.40. The summed E-state index contributed by atoms with van der Waals surface area (Å²) in [6, 6.07) is 6.44. The summed E-state index contributed by atoms with van der Waals surface area (Å²) in [5.74, 6) is -0.498. The number of H-pyrrole nitrogens is 1. The molecule has 6 heteroatoms. The van der Waals surface area contributed by atoms with Crippen LogP contribution >= 0.6 is 0 Å². The Morgan fingerprint density at radius 1 is 1.00 bits per heavy atom. The van der Waals surface area contributed by atoms with Gasteiger partial charge in [0.15, 0.2) is 0 Å². The Balaban J connectivity index is 2.35. The van der Waals surface area contributed by atoms with Crippen LogP contribution in [0.1, 0.15) is 5.56 Å². The average molecular weight is 280 g/mol.